The van der Waals surface area contributed by atoms with Gasteiger partial charge in [0.15, 0.2) is 11.5 Å². The van der Waals surface area contributed by atoms with Gasteiger partial charge in [-0.1, -0.05) is 17.7 Å². The van der Waals surface area contributed by atoms with Crippen LogP contribution in [0.15, 0.2) is 36.4 Å². The van der Waals surface area contributed by atoms with Gasteiger partial charge in [0.2, 0.25) is 6.79 Å². The minimum atomic E-state index is 0.287. The highest BCUT2D eigenvalue weighted by Gasteiger charge is 2.13. The Labute approximate surface area is 110 Å². The van der Waals surface area contributed by atoms with Gasteiger partial charge in [0, 0.05) is 22.5 Å². The molecule has 0 unspecified atom stereocenters. The maximum absolute atomic E-state index is 5.99. The van der Waals surface area contributed by atoms with Crippen molar-refractivity contribution in [3.63, 3.8) is 0 Å². The van der Waals surface area contributed by atoms with Crippen LogP contribution in [0.3, 0.4) is 0 Å². The zero-order valence-corrected chi connectivity index (χ0v) is 10.6. The predicted molar refractivity (Wildman–Crippen MR) is 72.0 cm³/mol. The molecule has 0 amide bonds. The minimum absolute atomic E-state index is 0.287. The van der Waals surface area contributed by atoms with Crippen molar-refractivity contribution in [3.05, 3.63) is 47.0 Å². The monoisotopic (exact) mass is 261 g/mol. The van der Waals surface area contributed by atoms with Gasteiger partial charge in [-0.25, -0.2) is 0 Å². The van der Waals surface area contributed by atoms with Crippen molar-refractivity contribution in [2.24, 2.45) is 0 Å². The molecule has 92 valence electrons. The smallest absolute Gasteiger partial charge is 0.231 e. The first-order chi connectivity index (χ1) is 8.72. The van der Waals surface area contributed by atoms with Gasteiger partial charge >= 0.3 is 0 Å². The van der Waals surface area contributed by atoms with E-state index in [4.69, 9.17) is 21.1 Å². The molecule has 0 fully saturated rings. The highest BCUT2D eigenvalue weighted by Crippen LogP contribution is 2.35. The van der Waals surface area contributed by atoms with Crippen LogP contribution >= 0.6 is 11.6 Å². The van der Waals surface area contributed by atoms with E-state index in [9.17, 15) is 0 Å². The predicted octanol–water partition coefficient (Wildman–Crippen LogP) is 4.12. The molecule has 3 nitrogen and oxygen atoms in total. The average Bonchev–Trinajstić information content (AvgIpc) is 2.81. The number of rotatable bonds is 2. The van der Waals surface area contributed by atoms with Crippen LogP contribution in [0, 0.1) is 6.92 Å². The van der Waals surface area contributed by atoms with E-state index >= 15 is 0 Å². The van der Waals surface area contributed by atoms with E-state index in [0.29, 0.717) is 5.02 Å². The number of benzene rings is 2. The molecule has 3 rings (SSSR count). The van der Waals surface area contributed by atoms with Gasteiger partial charge in [0.1, 0.15) is 0 Å². The first kappa shape index (κ1) is 11.2. The van der Waals surface area contributed by atoms with Crippen molar-refractivity contribution >= 4 is 23.0 Å². The molecular weight excluding hydrogens is 250 g/mol. The normalized spacial score (nSPS) is 12.6. The third-order valence-electron chi connectivity index (χ3n) is 2.85. The zero-order valence-electron chi connectivity index (χ0n) is 9.87. The van der Waals surface area contributed by atoms with Crippen LogP contribution in [-0.4, -0.2) is 6.79 Å². The van der Waals surface area contributed by atoms with Crippen molar-refractivity contribution in [3.8, 4) is 11.5 Å². The summed E-state index contributed by atoms with van der Waals surface area (Å²) in [6.07, 6.45) is 0. The molecule has 0 aromatic heterocycles. The molecule has 0 bridgehead atoms. The third-order valence-corrected chi connectivity index (χ3v) is 3.09. The summed E-state index contributed by atoms with van der Waals surface area (Å²) in [7, 11) is 0. The molecule has 0 aliphatic carbocycles. The fourth-order valence-electron chi connectivity index (χ4n) is 1.86. The standard InChI is InChI=1S/C14H12ClNO2/c1-9-2-3-10(15)6-12(9)16-11-4-5-13-14(7-11)18-8-17-13/h2-7,16H,8H2,1H3. The Balaban J connectivity index is 1.90. The molecule has 0 atom stereocenters. The van der Waals surface area contributed by atoms with Gasteiger partial charge in [-0.15, -0.1) is 0 Å². The Hall–Kier alpha value is -1.87. The van der Waals surface area contributed by atoms with Crippen LogP contribution in [0.2, 0.25) is 5.02 Å². The summed E-state index contributed by atoms with van der Waals surface area (Å²) >= 11 is 5.99. The third kappa shape index (κ3) is 2.09. The average molecular weight is 262 g/mol. The van der Waals surface area contributed by atoms with Crippen molar-refractivity contribution in [2.45, 2.75) is 6.92 Å². The summed E-state index contributed by atoms with van der Waals surface area (Å²) in [6, 6.07) is 11.5. The van der Waals surface area contributed by atoms with E-state index in [-0.39, 0.29) is 6.79 Å². The van der Waals surface area contributed by atoms with Crippen molar-refractivity contribution in [1.82, 2.24) is 0 Å². The van der Waals surface area contributed by atoms with Crippen molar-refractivity contribution < 1.29 is 9.47 Å². The van der Waals surface area contributed by atoms with Crippen LogP contribution in [0.25, 0.3) is 0 Å². The quantitative estimate of drug-likeness (QED) is 0.882. The topological polar surface area (TPSA) is 30.5 Å². The van der Waals surface area contributed by atoms with E-state index in [1.54, 1.807) is 0 Å². The number of ether oxygens (including phenoxy) is 2. The summed E-state index contributed by atoms with van der Waals surface area (Å²) in [6.45, 7) is 2.32. The number of hydrogen-bond acceptors (Lipinski definition) is 3. The number of nitrogens with one attached hydrogen (secondary N) is 1. The summed E-state index contributed by atoms with van der Waals surface area (Å²) in [4.78, 5) is 0. The van der Waals surface area contributed by atoms with Crippen molar-refractivity contribution in [1.29, 1.82) is 0 Å². The molecule has 0 saturated carbocycles. The fraction of sp³-hybridized carbons (Fsp3) is 0.143. The van der Waals surface area contributed by atoms with Gasteiger partial charge in [0.05, 0.1) is 0 Å². The Bertz CT molecular complexity index is 598. The molecule has 2 aromatic carbocycles. The molecular formula is C14H12ClNO2. The van der Waals surface area contributed by atoms with Gasteiger partial charge in [-0.3, -0.25) is 0 Å². The fourth-order valence-corrected chi connectivity index (χ4v) is 2.03. The zero-order chi connectivity index (χ0) is 12.5. The summed E-state index contributed by atoms with van der Waals surface area (Å²) in [5.41, 5.74) is 3.07. The second-order valence-electron chi connectivity index (χ2n) is 4.15. The maximum Gasteiger partial charge on any atom is 0.231 e. The Morgan fingerprint density at radius 1 is 1.06 bits per heavy atom. The lowest BCUT2D eigenvalue weighted by molar-refractivity contribution is 0.174. The van der Waals surface area contributed by atoms with E-state index in [0.717, 1.165) is 28.4 Å². The van der Waals surface area contributed by atoms with E-state index in [1.807, 2.05) is 43.3 Å². The van der Waals surface area contributed by atoms with Gasteiger partial charge in [-0.2, -0.15) is 0 Å². The highest BCUT2D eigenvalue weighted by molar-refractivity contribution is 6.30. The Morgan fingerprint density at radius 2 is 1.89 bits per heavy atom. The number of anilines is 2. The molecule has 1 aliphatic heterocycles. The van der Waals surface area contributed by atoms with Gasteiger partial charge in [-0.05, 0) is 36.8 Å². The summed E-state index contributed by atoms with van der Waals surface area (Å²) < 4.78 is 10.6. The van der Waals surface area contributed by atoms with Crippen molar-refractivity contribution in [2.75, 3.05) is 12.1 Å². The van der Waals surface area contributed by atoms with E-state index in [1.165, 1.54) is 0 Å². The molecule has 0 spiro atoms. The number of halogens is 1. The lowest BCUT2D eigenvalue weighted by Gasteiger charge is -2.10. The second-order valence-corrected chi connectivity index (χ2v) is 4.59. The molecule has 18 heavy (non-hydrogen) atoms. The van der Waals surface area contributed by atoms with E-state index in [2.05, 4.69) is 5.32 Å². The van der Waals surface area contributed by atoms with Gasteiger partial charge in [0.25, 0.3) is 0 Å². The molecule has 1 aliphatic rings. The largest absolute Gasteiger partial charge is 0.454 e. The molecule has 0 saturated heterocycles. The van der Waals surface area contributed by atoms with Gasteiger partial charge < -0.3 is 14.8 Å². The molecule has 4 heteroatoms. The van der Waals surface area contributed by atoms with Crippen LogP contribution in [0.1, 0.15) is 5.56 Å². The number of aryl methyl sites for hydroxylation is 1. The van der Waals surface area contributed by atoms with E-state index < -0.39 is 0 Å². The highest BCUT2D eigenvalue weighted by atomic mass is 35.5. The lowest BCUT2D eigenvalue weighted by Crippen LogP contribution is -1.93. The SMILES string of the molecule is Cc1ccc(Cl)cc1Nc1ccc2c(c1)OCO2. The Kier molecular flexibility index (Phi) is 2.76. The second kappa shape index (κ2) is 4.42. The first-order valence-electron chi connectivity index (χ1n) is 5.65. The maximum atomic E-state index is 5.99. The van der Waals surface area contributed by atoms with Crippen LogP contribution < -0.4 is 14.8 Å². The number of fused-ring (bicyclic) bond motifs is 1. The minimum Gasteiger partial charge on any atom is -0.454 e. The van der Waals surface area contributed by atoms with Crippen LogP contribution in [0.4, 0.5) is 11.4 Å². The Morgan fingerprint density at radius 3 is 2.78 bits per heavy atom. The number of hydrogen-bond donors (Lipinski definition) is 1. The first-order valence-corrected chi connectivity index (χ1v) is 6.03. The van der Waals surface area contributed by atoms with Crippen LogP contribution in [0.5, 0.6) is 11.5 Å². The summed E-state index contributed by atoms with van der Waals surface area (Å²) in [5.74, 6) is 1.54. The molecule has 0 radical (unpaired) electrons. The molecule has 2 aromatic rings. The van der Waals surface area contributed by atoms with Crippen LogP contribution in [-0.2, 0) is 0 Å². The molecule has 1 N–H and O–H groups in total. The summed E-state index contributed by atoms with van der Waals surface area (Å²) in [5, 5.41) is 4.03. The molecule has 1 heterocycles. The lowest BCUT2D eigenvalue weighted by atomic mass is 10.2.